The van der Waals surface area contributed by atoms with Crippen molar-refractivity contribution in [2.75, 3.05) is 25.5 Å². The average Bonchev–Trinajstić information content (AvgIpc) is 2.84. The molecule has 0 spiro atoms. The van der Waals surface area contributed by atoms with E-state index in [1.807, 2.05) is 0 Å². The van der Waals surface area contributed by atoms with Crippen molar-refractivity contribution in [2.45, 2.75) is 25.8 Å². The van der Waals surface area contributed by atoms with E-state index in [0.29, 0.717) is 11.5 Å². The second kappa shape index (κ2) is 4.07. The lowest BCUT2D eigenvalue weighted by molar-refractivity contribution is 0.142. The minimum Gasteiger partial charge on any atom is -0.395 e. The summed E-state index contributed by atoms with van der Waals surface area (Å²) in [4.78, 5) is 2.24. The Bertz CT molecular complexity index is 147. The standard InChI is InChI=1S/C9H18BrNO/c1-8(5-12)11(2)7-9(6-10)3-4-9/h8,12H,3-7H2,1-2H3. The Morgan fingerprint density at radius 3 is 2.50 bits per heavy atom. The summed E-state index contributed by atoms with van der Waals surface area (Å²) in [5.41, 5.74) is 0.526. The van der Waals surface area contributed by atoms with Crippen molar-refractivity contribution < 1.29 is 5.11 Å². The summed E-state index contributed by atoms with van der Waals surface area (Å²) in [7, 11) is 2.09. The zero-order valence-corrected chi connectivity index (χ0v) is 9.47. The van der Waals surface area contributed by atoms with Gasteiger partial charge in [0, 0.05) is 17.9 Å². The topological polar surface area (TPSA) is 23.5 Å². The second-order valence-corrected chi connectivity index (χ2v) is 4.64. The lowest BCUT2D eigenvalue weighted by Crippen LogP contribution is -2.37. The molecule has 0 aromatic carbocycles. The van der Waals surface area contributed by atoms with Crippen molar-refractivity contribution >= 4 is 15.9 Å². The van der Waals surface area contributed by atoms with Gasteiger partial charge in [-0.05, 0) is 32.2 Å². The van der Waals surface area contributed by atoms with E-state index in [1.54, 1.807) is 0 Å². The molecule has 3 heteroatoms. The third-order valence-corrected chi connectivity index (χ3v) is 4.03. The van der Waals surface area contributed by atoms with Crippen LogP contribution in [0.1, 0.15) is 19.8 Å². The number of alkyl halides is 1. The highest BCUT2D eigenvalue weighted by Crippen LogP contribution is 2.47. The maximum absolute atomic E-state index is 8.94. The Kier molecular flexibility index (Phi) is 3.56. The second-order valence-electron chi connectivity index (χ2n) is 4.08. The van der Waals surface area contributed by atoms with Gasteiger partial charge >= 0.3 is 0 Å². The van der Waals surface area contributed by atoms with Crippen molar-refractivity contribution in [3.63, 3.8) is 0 Å². The molecular weight excluding hydrogens is 218 g/mol. The molecule has 0 amide bonds. The Labute approximate surface area is 83.1 Å². The maximum atomic E-state index is 8.94. The van der Waals surface area contributed by atoms with E-state index in [2.05, 4.69) is 34.8 Å². The molecule has 1 fully saturated rings. The van der Waals surface area contributed by atoms with Crippen LogP contribution >= 0.6 is 15.9 Å². The third-order valence-electron chi connectivity index (χ3n) is 2.84. The molecule has 72 valence electrons. The van der Waals surface area contributed by atoms with Gasteiger partial charge in [-0.1, -0.05) is 15.9 Å². The van der Waals surface area contributed by atoms with Gasteiger partial charge < -0.3 is 10.0 Å². The van der Waals surface area contributed by atoms with Gasteiger partial charge in [-0.2, -0.15) is 0 Å². The summed E-state index contributed by atoms with van der Waals surface area (Å²) in [6.07, 6.45) is 2.67. The van der Waals surface area contributed by atoms with Crippen LogP contribution in [-0.4, -0.2) is 41.6 Å². The van der Waals surface area contributed by atoms with Gasteiger partial charge in [-0.3, -0.25) is 0 Å². The SMILES string of the molecule is CC(CO)N(C)CC1(CBr)CC1. The van der Waals surface area contributed by atoms with Gasteiger partial charge in [0.1, 0.15) is 0 Å². The van der Waals surface area contributed by atoms with Gasteiger partial charge in [-0.15, -0.1) is 0 Å². The zero-order valence-electron chi connectivity index (χ0n) is 7.89. The molecule has 1 saturated carbocycles. The molecule has 0 radical (unpaired) electrons. The van der Waals surface area contributed by atoms with Crippen molar-refractivity contribution in [2.24, 2.45) is 5.41 Å². The van der Waals surface area contributed by atoms with Crippen LogP contribution in [-0.2, 0) is 0 Å². The number of likely N-dealkylation sites (N-methyl/N-ethyl adjacent to an activating group) is 1. The van der Waals surface area contributed by atoms with Crippen LogP contribution in [0, 0.1) is 5.41 Å². The first kappa shape index (κ1) is 10.5. The predicted octanol–water partition coefficient (Wildman–Crippen LogP) is 1.47. The molecule has 1 aliphatic carbocycles. The molecule has 1 rings (SSSR count). The lowest BCUT2D eigenvalue weighted by atomic mass is 10.1. The molecule has 0 aliphatic heterocycles. The van der Waals surface area contributed by atoms with Crippen LogP contribution in [0.2, 0.25) is 0 Å². The number of aliphatic hydroxyl groups excluding tert-OH is 1. The Balaban J connectivity index is 2.30. The molecule has 12 heavy (non-hydrogen) atoms. The average molecular weight is 236 g/mol. The third kappa shape index (κ3) is 2.44. The van der Waals surface area contributed by atoms with E-state index in [1.165, 1.54) is 12.8 Å². The predicted molar refractivity (Wildman–Crippen MR) is 54.6 cm³/mol. The molecule has 0 aromatic heterocycles. The van der Waals surface area contributed by atoms with Crippen LogP contribution < -0.4 is 0 Å². The van der Waals surface area contributed by atoms with E-state index < -0.39 is 0 Å². The highest BCUT2D eigenvalue weighted by atomic mass is 79.9. The highest BCUT2D eigenvalue weighted by Gasteiger charge is 2.42. The Morgan fingerprint density at radius 2 is 2.17 bits per heavy atom. The molecule has 1 aliphatic rings. The number of aliphatic hydroxyl groups is 1. The van der Waals surface area contributed by atoms with E-state index in [-0.39, 0.29) is 6.61 Å². The van der Waals surface area contributed by atoms with Crippen molar-refractivity contribution in [1.82, 2.24) is 4.90 Å². The largest absolute Gasteiger partial charge is 0.395 e. The maximum Gasteiger partial charge on any atom is 0.0584 e. The summed E-state index contributed by atoms with van der Waals surface area (Å²) in [5.74, 6) is 0. The fourth-order valence-corrected chi connectivity index (χ4v) is 2.07. The molecule has 0 heterocycles. The summed E-state index contributed by atoms with van der Waals surface area (Å²) in [6, 6.07) is 0.293. The molecule has 0 saturated heterocycles. The molecule has 0 aromatic rings. The summed E-state index contributed by atoms with van der Waals surface area (Å²) in [5, 5.41) is 10.0. The van der Waals surface area contributed by atoms with Gasteiger partial charge in [0.15, 0.2) is 0 Å². The van der Waals surface area contributed by atoms with E-state index in [4.69, 9.17) is 5.11 Å². The molecule has 1 unspecified atom stereocenters. The molecule has 2 nitrogen and oxygen atoms in total. The number of halogens is 1. The minimum atomic E-state index is 0.259. The smallest absolute Gasteiger partial charge is 0.0584 e. The lowest BCUT2D eigenvalue weighted by Gasteiger charge is -2.26. The fourth-order valence-electron chi connectivity index (χ4n) is 1.34. The zero-order chi connectivity index (χ0) is 9.19. The number of rotatable bonds is 5. The molecule has 1 N–H and O–H groups in total. The number of hydrogen-bond donors (Lipinski definition) is 1. The van der Waals surface area contributed by atoms with Gasteiger partial charge in [0.2, 0.25) is 0 Å². The van der Waals surface area contributed by atoms with E-state index >= 15 is 0 Å². The van der Waals surface area contributed by atoms with Crippen LogP contribution in [0.4, 0.5) is 0 Å². The first-order valence-electron chi connectivity index (χ1n) is 4.50. The number of hydrogen-bond acceptors (Lipinski definition) is 2. The van der Waals surface area contributed by atoms with Crippen LogP contribution in [0.15, 0.2) is 0 Å². The minimum absolute atomic E-state index is 0.259. The quantitative estimate of drug-likeness (QED) is 0.731. The van der Waals surface area contributed by atoms with Gasteiger partial charge in [-0.25, -0.2) is 0 Å². The number of nitrogens with zero attached hydrogens (tertiary/aromatic N) is 1. The van der Waals surface area contributed by atoms with Gasteiger partial charge in [0.25, 0.3) is 0 Å². The Hall–Kier alpha value is 0.400. The van der Waals surface area contributed by atoms with Crippen molar-refractivity contribution in [1.29, 1.82) is 0 Å². The summed E-state index contributed by atoms with van der Waals surface area (Å²) in [6.45, 7) is 3.43. The van der Waals surface area contributed by atoms with Gasteiger partial charge in [0.05, 0.1) is 6.61 Å². The van der Waals surface area contributed by atoms with Crippen LogP contribution in [0.3, 0.4) is 0 Å². The normalized spacial score (nSPS) is 22.8. The molecule has 1 atom stereocenters. The Morgan fingerprint density at radius 1 is 1.58 bits per heavy atom. The summed E-state index contributed by atoms with van der Waals surface area (Å²) >= 11 is 3.54. The van der Waals surface area contributed by atoms with E-state index in [9.17, 15) is 0 Å². The summed E-state index contributed by atoms with van der Waals surface area (Å²) < 4.78 is 0. The fraction of sp³-hybridized carbons (Fsp3) is 1.00. The first-order chi connectivity index (χ1) is 5.63. The van der Waals surface area contributed by atoms with Crippen molar-refractivity contribution in [3.8, 4) is 0 Å². The molecular formula is C9H18BrNO. The van der Waals surface area contributed by atoms with Crippen LogP contribution in [0.25, 0.3) is 0 Å². The van der Waals surface area contributed by atoms with Crippen molar-refractivity contribution in [3.05, 3.63) is 0 Å². The van der Waals surface area contributed by atoms with Crippen LogP contribution in [0.5, 0.6) is 0 Å². The highest BCUT2D eigenvalue weighted by molar-refractivity contribution is 9.09. The molecule has 0 bridgehead atoms. The van der Waals surface area contributed by atoms with E-state index in [0.717, 1.165) is 11.9 Å². The first-order valence-corrected chi connectivity index (χ1v) is 5.63. The monoisotopic (exact) mass is 235 g/mol.